The second-order valence-corrected chi connectivity index (χ2v) is 7.39. The summed E-state index contributed by atoms with van der Waals surface area (Å²) in [6.45, 7) is 2.63. The highest BCUT2D eigenvalue weighted by atomic mass is 79.9. The van der Waals surface area contributed by atoms with Crippen molar-refractivity contribution >= 4 is 28.3 Å². The average molecular weight is 405 g/mol. The molecule has 130 valence electrons. The topological polar surface area (TPSA) is 32.7 Å². The lowest BCUT2D eigenvalue weighted by molar-refractivity contribution is -0.0316. The highest BCUT2D eigenvalue weighted by molar-refractivity contribution is 9.10. The predicted molar refractivity (Wildman–Crippen MR) is 99.3 cm³/mol. The molecule has 2 fully saturated rings. The molecule has 0 aromatic heterocycles. The molecular formula is C18H27BrClNO2. The molecule has 1 aliphatic heterocycles. The molecule has 23 heavy (non-hydrogen) atoms. The Bertz CT molecular complexity index is 488. The van der Waals surface area contributed by atoms with Crippen LogP contribution < -0.4 is 0 Å². The van der Waals surface area contributed by atoms with Gasteiger partial charge in [0.05, 0.1) is 18.8 Å². The first-order chi connectivity index (χ1) is 10.7. The Labute approximate surface area is 153 Å². The number of aliphatic hydroxyl groups excluding tert-OH is 1. The van der Waals surface area contributed by atoms with Gasteiger partial charge >= 0.3 is 0 Å². The van der Waals surface area contributed by atoms with Gasteiger partial charge in [-0.1, -0.05) is 47.0 Å². The summed E-state index contributed by atoms with van der Waals surface area (Å²) in [7, 11) is 0. The fourth-order valence-corrected chi connectivity index (χ4v) is 4.26. The van der Waals surface area contributed by atoms with Crippen molar-refractivity contribution in [3.63, 3.8) is 0 Å². The van der Waals surface area contributed by atoms with Crippen molar-refractivity contribution in [3.8, 4) is 0 Å². The number of β-amino-alcohol motifs (C(OH)–C–C–N with tert-alkyl or cyclic N) is 1. The van der Waals surface area contributed by atoms with E-state index in [-0.39, 0.29) is 18.5 Å². The molecule has 1 N–H and O–H groups in total. The number of nitrogens with zero attached hydrogens (tertiary/aromatic N) is 1. The minimum Gasteiger partial charge on any atom is -0.392 e. The summed E-state index contributed by atoms with van der Waals surface area (Å²) < 4.78 is 7.43. The number of hydrogen-bond donors (Lipinski definition) is 1. The van der Waals surface area contributed by atoms with Crippen LogP contribution in [0.4, 0.5) is 0 Å². The van der Waals surface area contributed by atoms with Crippen LogP contribution in [0.2, 0.25) is 0 Å². The fraction of sp³-hybridized carbons (Fsp3) is 0.667. The molecule has 0 amide bonds. The molecular weight excluding hydrogens is 378 g/mol. The third kappa shape index (κ3) is 5.17. The van der Waals surface area contributed by atoms with Gasteiger partial charge in [-0.15, -0.1) is 12.4 Å². The van der Waals surface area contributed by atoms with Gasteiger partial charge in [0.25, 0.3) is 0 Å². The Kier molecular flexibility index (Phi) is 7.83. The normalized spacial score (nSPS) is 28.5. The van der Waals surface area contributed by atoms with Crippen molar-refractivity contribution in [2.75, 3.05) is 19.7 Å². The van der Waals surface area contributed by atoms with Crippen LogP contribution in [0.1, 0.15) is 37.7 Å². The summed E-state index contributed by atoms with van der Waals surface area (Å²) in [6, 6.07) is 8.87. The number of aliphatic hydroxyl groups is 1. The van der Waals surface area contributed by atoms with Crippen molar-refractivity contribution in [1.82, 2.24) is 4.90 Å². The first kappa shape index (κ1) is 19.2. The standard InChI is InChI=1S/C18H26BrNO2.ClH/c19-16-6-2-1-5-14(16)10-12-22-18-8-4-3-7-17(18)20-11-9-15(21)13-20;/h1-2,5-6,15,17-18,21H,3-4,7-13H2;1H/t15?,17-,18-;/m0./s1. The van der Waals surface area contributed by atoms with Crippen LogP contribution >= 0.6 is 28.3 Å². The van der Waals surface area contributed by atoms with Gasteiger partial charge in [-0.3, -0.25) is 4.90 Å². The van der Waals surface area contributed by atoms with E-state index < -0.39 is 0 Å². The third-order valence-electron chi connectivity index (χ3n) is 4.99. The van der Waals surface area contributed by atoms with Crippen molar-refractivity contribution in [2.24, 2.45) is 0 Å². The van der Waals surface area contributed by atoms with Gasteiger partial charge in [0.2, 0.25) is 0 Å². The summed E-state index contributed by atoms with van der Waals surface area (Å²) in [5, 5.41) is 9.78. The molecule has 1 aliphatic carbocycles. The van der Waals surface area contributed by atoms with E-state index in [0.29, 0.717) is 12.1 Å². The molecule has 0 bridgehead atoms. The Hall–Kier alpha value is -0.130. The number of hydrogen-bond acceptors (Lipinski definition) is 3. The highest BCUT2D eigenvalue weighted by Gasteiger charge is 2.34. The summed E-state index contributed by atoms with van der Waals surface area (Å²) >= 11 is 3.60. The van der Waals surface area contributed by atoms with E-state index >= 15 is 0 Å². The van der Waals surface area contributed by atoms with E-state index in [9.17, 15) is 5.11 Å². The number of likely N-dealkylation sites (tertiary alicyclic amines) is 1. The molecule has 5 heteroatoms. The SMILES string of the molecule is Cl.OC1CCN([C@H]2CCCC[C@@H]2OCCc2ccccc2Br)C1. The van der Waals surface area contributed by atoms with E-state index in [1.54, 1.807) is 0 Å². The van der Waals surface area contributed by atoms with Crippen LogP contribution in [0.3, 0.4) is 0 Å². The monoisotopic (exact) mass is 403 g/mol. The van der Waals surface area contributed by atoms with Gasteiger partial charge in [0.15, 0.2) is 0 Å². The molecule has 3 rings (SSSR count). The van der Waals surface area contributed by atoms with E-state index in [1.165, 1.54) is 29.3 Å². The Balaban J connectivity index is 0.00000192. The molecule has 1 aromatic rings. The first-order valence-corrected chi connectivity index (χ1v) is 9.30. The van der Waals surface area contributed by atoms with Gasteiger partial charge in [-0.25, -0.2) is 0 Å². The van der Waals surface area contributed by atoms with E-state index in [2.05, 4.69) is 39.0 Å². The maximum absolute atomic E-state index is 9.78. The molecule has 1 saturated heterocycles. The van der Waals surface area contributed by atoms with Crippen LogP contribution in [-0.2, 0) is 11.2 Å². The van der Waals surface area contributed by atoms with Crippen LogP contribution in [0.15, 0.2) is 28.7 Å². The summed E-state index contributed by atoms with van der Waals surface area (Å²) in [5.41, 5.74) is 1.31. The summed E-state index contributed by atoms with van der Waals surface area (Å²) in [4.78, 5) is 2.45. The van der Waals surface area contributed by atoms with Crippen molar-refractivity contribution in [3.05, 3.63) is 34.3 Å². The maximum Gasteiger partial charge on any atom is 0.0730 e. The predicted octanol–water partition coefficient (Wildman–Crippen LogP) is 3.81. The molecule has 2 aliphatic rings. The third-order valence-corrected chi connectivity index (χ3v) is 5.77. The van der Waals surface area contributed by atoms with Crippen LogP contribution in [0, 0.1) is 0 Å². The van der Waals surface area contributed by atoms with Crippen LogP contribution in [0.5, 0.6) is 0 Å². The number of rotatable bonds is 5. The average Bonchev–Trinajstić information content (AvgIpc) is 2.96. The molecule has 1 aromatic carbocycles. The largest absolute Gasteiger partial charge is 0.392 e. The van der Waals surface area contributed by atoms with Crippen molar-refractivity contribution in [1.29, 1.82) is 0 Å². The number of ether oxygens (including phenoxy) is 1. The van der Waals surface area contributed by atoms with Crippen molar-refractivity contribution < 1.29 is 9.84 Å². The molecule has 1 unspecified atom stereocenters. The number of halogens is 2. The summed E-state index contributed by atoms with van der Waals surface area (Å²) in [6.07, 6.45) is 7.01. The summed E-state index contributed by atoms with van der Waals surface area (Å²) in [5.74, 6) is 0. The smallest absolute Gasteiger partial charge is 0.0730 e. The minimum atomic E-state index is -0.136. The fourth-order valence-electron chi connectivity index (χ4n) is 3.78. The Morgan fingerprint density at radius 2 is 1.96 bits per heavy atom. The van der Waals surface area contributed by atoms with Crippen LogP contribution in [-0.4, -0.2) is 48.0 Å². The van der Waals surface area contributed by atoms with Crippen molar-refractivity contribution in [2.45, 2.75) is 56.8 Å². The van der Waals surface area contributed by atoms with E-state index in [4.69, 9.17) is 4.74 Å². The molecule has 0 spiro atoms. The first-order valence-electron chi connectivity index (χ1n) is 8.51. The zero-order chi connectivity index (χ0) is 15.4. The molecule has 3 nitrogen and oxygen atoms in total. The van der Waals surface area contributed by atoms with Gasteiger partial charge in [-0.2, -0.15) is 0 Å². The molecule has 1 saturated carbocycles. The van der Waals surface area contributed by atoms with Crippen LogP contribution in [0.25, 0.3) is 0 Å². The Morgan fingerprint density at radius 1 is 1.17 bits per heavy atom. The molecule has 3 atom stereocenters. The lowest BCUT2D eigenvalue weighted by Crippen LogP contribution is -2.46. The second kappa shape index (κ2) is 9.38. The number of benzene rings is 1. The van der Waals surface area contributed by atoms with Gasteiger partial charge < -0.3 is 9.84 Å². The van der Waals surface area contributed by atoms with Gasteiger partial charge in [-0.05, 0) is 37.3 Å². The minimum absolute atomic E-state index is 0. The second-order valence-electron chi connectivity index (χ2n) is 6.54. The Morgan fingerprint density at radius 3 is 2.70 bits per heavy atom. The van der Waals surface area contributed by atoms with Gasteiger partial charge in [0, 0.05) is 23.6 Å². The quantitative estimate of drug-likeness (QED) is 0.810. The highest BCUT2D eigenvalue weighted by Crippen LogP contribution is 2.28. The lowest BCUT2D eigenvalue weighted by atomic mass is 9.91. The zero-order valence-electron chi connectivity index (χ0n) is 13.5. The molecule has 0 radical (unpaired) electrons. The maximum atomic E-state index is 9.78. The van der Waals surface area contributed by atoms with Gasteiger partial charge in [0.1, 0.15) is 0 Å². The molecule has 1 heterocycles. The van der Waals surface area contributed by atoms with E-state index in [1.807, 2.05) is 6.07 Å². The van der Waals surface area contributed by atoms with E-state index in [0.717, 1.165) is 39.0 Å². The zero-order valence-corrected chi connectivity index (χ0v) is 15.9. The lowest BCUT2D eigenvalue weighted by Gasteiger charge is -2.37.